The Kier molecular flexibility index (Phi) is 3.21. The van der Waals surface area contributed by atoms with Crippen LogP contribution in [0, 0.1) is 6.92 Å². The number of fused-ring (bicyclic) bond motifs is 1. The van der Waals surface area contributed by atoms with E-state index in [1.54, 1.807) is 19.0 Å². The number of nitrogens with zero attached hydrogens (tertiary/aromatic N) is 8. The van der Waals surface area contributed by atoms with Gasteiger partial charge in [0.25, 0.3) is 5.78 Å². The van der Waals surface area contributed by atoms with E-state index in [-0.39, 0.29) is 0 Å². The largest absolute Gasteiger partial charge is 0.352 e. The van der Waals surface area contributed by atoms with Gasteiger partial charge in [0.1, 0.15) is 24.8 Å². The summed E-state index contributed by atoms with van der Waals surface area (Å²) in [5, 5.41) is 8.57. The third kappa shape index (κ3) is 2.30. The van der Waals surface area contributed by atoms with Crippen LogP contribution in [0.2, 0.25) is 0 Å². The zero-order valence-electron chi connectivity index (χ0n) is 12.5. The lowest BCUT2D eigenvalue weighted by Gasteiger charge is -2.37. The summed E-state index contributed by atoms with van der Waals surface area (Å²) in [6, 6.07) is 2.46. The Morgan fingerprint density at radius 1 is 1.23 bits per heavy atom. The second-order valence-corrected chi connectivity index (χ2v) is 5.69. The molecule has 0 amide bonds. The predicted molar refractivity (Wildman–Crippen MR) is 80.5 cm³/mol. The molecule has 114 valence electrons. The average Bonchev–Trinajstić information content (AvgIpc) is 3.18. The molecule has 0 radical (unpaired) electrons. The van der Waals surface area contributed by atoms with Crippen molar-refractivity contribution < 1.29 is 0 Å². The van der Waals surface area contributed by atoms with E-state index in [0.29, 0.717) is 11.8 Å². The number of hydrogen-bond acceptors (Lipinski definition) is 6. The van der Waals surface area contributed by atoms with Crippen molar-refractivity contribution in [2.45, 2.75) is 38.8 Å². The van der Waals surface area contributed by atoms with Gasteiger partial charge < -0.3 is 4.90 Å². The lowest BCUT2D eigenvalue weighted by Crippen LogP contribution is -2.43. The third-order valence-corrected chi connectivity index (χ3v) is 4.15. The van der Waals surface area contributed by atoms with Gasteiger partial charge in [-0.25, -0.2) is 9.97 Å². The number of anilines is 1. The van der Waals surface area contributed by atoms with Crippen LogP contribution in [0.3, 0.4) is 0 Å². The summed E-state index contributed by atoms with van der Waals surface area (Å²) in [6.07, 6.45) is 8.47. The summed E-state index contributed by atoms with van der Waals surface area (Å²) in [7, 11) is 0. The smallest absolute Gasteiger partial charge is 0.254 e. The van der Waals surface area contributed by atoms with E-state index in [0.717, 1.165) is 31.0 Å². The maximum absolute atomic E-state index is 4.43. The van der Waals surface area contributed by atoms with Crippen LogP contribution >= 0.6 is 0 Å². The van der Waals surface area contributed by atoms with Gasteiger partial charge in [-0.3, -0.25) is 4.68 Å². The molecule has 1 aliphatic heterocycles. The molecule has 0 N–H and O–H groups in total. The van der Waals surface area contributed by atoms with Crippen LogP contribution in [-0.2, 0) is 6.54 Å². The van der Waals surface area contributed by atoms with E-state index in [2.05, 4.69) is 36.1 Å². The van der Waals surface area contributed by atoms with Gasteiger partial charge in [0.15, 0.2) is 0 Å². The normalized spacial score (nSPS) is 19.0. The van der Waals surface area contributed by atoms with Crippen molar-refractivity contribution in [1.29, 1.82) is 0 Å². The van der Waals surface area contributed by atoms with Crippen molar-refractivity contribution >= 4 is 11.6 Å². The van der Waals surface area contributed by atoms with Crippen LogP contribution in [0.1, 0.15) is 25.0 Å². The molecule has 1 atom stereocenters. The van der Waals surface area contributed by atoms with Crippen molar-refractivity contribution in [3.8, 4) is 0 Å². The van der Waals surface area contributed by atoms with Gasteiger partial charge in [-0.15, -0.1) is 0 Å². The third-order valence-electron chi connectivity index (χ3n) is 4.15. The van der Waals surface area contributed by atoms with Gasteiger partial charge >= 0.3 is 0 Å². The topological polar surface area (TPSA) is 77.0 Å². The second kappa shape index (κ2) is 5.36. The van der Waals surface area contributed by atoms with Crippen LogP contribution in [0.4, 0.5) is 5.82 Å². The van der Waals surface area contributed by atoms with Crippen LogP contribution in [0.25, 0.3) is 5.78 Å². The molecule has 4 heterocycles. The van der Waals surface area contributed by atoms with E-state index >= 15 is 0 Å². The maximum Gasteiger partial charge on any atom is 0.254 e. The molecule has 3 aromatic rings. The fourth-order valence-corrected chi connectivity index (χ4v) is 3.15. The first-order valence-electron chi connectivity index (χ1n) is 7.58. The molecule has 0 spiro atoms. The molecular weight excluding hydrogens is 280 g/mol. The highest BCUT2D eigenvalue weighted by molar-refractivity contribution is 5.48. The summed E-state index contributed by atoms with van der Waals surface area (Å²) >= 11 is 0. The van der Waals surface area contributed by atoms with E-state index < -0.39 is 0 Å². The van der Waals surface area contributed by atoms with Gasteiger partial charge in [0.05, 0.1) is 12.6 Å². The summed E-state index contributed by atoms with van der Waals surface area (Å²) in [6.45, 7) is 3.84. The zero-order valence-corrected chi connectivity index (χ0v) is 12.5. The molecule has 3 aromatic heterocycles. The van der Waals surface area contributed by atoms with E-state index in [1.165, 1.54) is 12.8 Å². The number of rotatable bonds is 3. The number of hydrogen-bond donors (Lipinski definition) is 0. The Labute approximate surface area is 127 Å². The first-order chi connectivity index (χ1) is 10.8. The van der Waals surface area contributed by atoms with Gasteiger partial charge in [-0.05, 0) is 26.2 Å². The van der Waals surface area contributed by atoms with Crippen molar-refractivity contribution in [3.63, 3.8) is 0 Å². The van der Waals surface area contributed by atoms with Crippen LogP contribution in [-0.4, -0.2) is 46.9 Å². The monoisotopic (exact) mass is 298 g/mol. The van der Waals surface area contributed by atoms with Crippen LogP contribution < -0.4 is 4.90 Å². The lowest BCUT2D eigenvalue weighted by atomic mass is 10.0. The van der Waals surface area contributed by atoms with Gasteiger partial charge in [0.2, 0.25) is 0 Å². The van der Waals surface area contributed by atoms with Gasteiger partial charge in [-0.2, -0.15) is 19.7 Å². The highest BCUT2D eigenvalue weighted by atomic mass is 15.4. The molecule has 1 saturated heterocycles. The Morgan fingerprint density at radius 3 is 3.05 bits per heavy atom. The molecule has 0 saturated carbocycles. The van der Waals surface area contributed by atoms with E-state index in [1.807, 2.05) is 16.1 Å². The second-order valence-electron chi connectivity index (χ2n) is 5.69. The quantitative estimate of drug-likeness (QED) is 0.720. The van der Waals surface area contributed by atoms with Crippen molar-refractivity contribution in [3.05, 3.63) is 30.7 Å². The Hall–Kier alpha value is -2.51. The fourth-order valence-electron chi connectivity index (χ4n) is 3.15. The van der Waals surface area contributed by atoms with Crippen LogP contribution in [0.5, 0.6) is 0 Å². The molecule has 1 unspecified atom stereocenters. The molecule has 8 heteroatoms. The standard InChI is InChI=1S/C14H18N8/c1-11-6-13(22-14(19-11)16-9-18-22)21-5-3-2-4-12(21)7-20-10-15-8-17-20/h6,8-10,12H,2-5,7H2,1H3. The summed E-state index contributed by atoms with van der Waals surface area (Å²) < 4.78 is 3.72. The van der Waals surface area contributed by atoms with Crippen molar-refractivity contribution in [1.82, 2.24) is 34.3 Å². The lowest BCUT2D eigenvalue weighted by molar-refractivity contribution is 0.394. The number of aryl methyl sites for hydroxylation is 1. The first kappa shape index (κ1) is 13.2. The highest BCUT2D eigenvalue weighted by Gasteiger charge is 2.26. The number of aromatic nitrogens is 7. The minimum absolute atomic E-state index is 0.379. The summed E-state index contributed by atoms with van der Waals surface area (Å²) in [5.41, 5.74) is 0.959. The minimum atomic E-state index is 0.379. The molecule has 22 heavy (non-hydrogen) atoms. The first-order valence-corrected chi connectivity index (χ1v) is 7.58. The Balaban J connectivity index is 1.72. The average molecular weight is 298 g/mol. The molecule has 0 bridgehead atoms. The van der Waals surface area contributed by atoms with Gasteiger partial charge in [0, 0.05) is 18.3 Å². The molecule has 1 fully saturated rings. The zero-order chi connectivity index (χ0) is 14.9. The number of piperidine rings is 1. The van der Waals surface area contributed by atoms with Crippen LogP contribution in [0.15, 0.2) is 25.0 Å². The molecule has 4 rings (SSSR count). The predicted octanol–water partition coefficient (Wildman–Crippen LogP) is 1.08. The van der Waals surface area contributed by atoms with Crippen molar-refractivity contribution in [2.24, 2.45) is 0 Å². The maximum atomic E-state index is 4.43. The fraction of sp³-hybridized carbons (Fsp3) is 0.500. The van der Waals surface area contributed by atoms with E-state index in [4.69, 9.17) is 0 Å². The molecule has 1 aliphatic rings. The minimum Gasteiger partial charge on any atom is -0.352 e. The SMILES string of the molecule is Cc1cc(N2CCCCC2Cn2cncn2)n2ncnc2n1. The molecule has 8 nitrogen and oxygen atoms in total. The van der Waals surface area contributed by atoms with Gasteiger partial charge in [-0.1, -0.05) is 0 Å². The van der Waals surface area contributed by atoms with Crippen molar-refractivity contribution in [2.75, 3.05) is 11.4 Å². The molecule has 0 aromatic carbocycles. The highest BCUT2D eigenvalue weighted by Crippen LogP contribution is 2.26. The Bertz CT molecular complexity index is 762. The Morgan fingerprint density at radius 2 is 2.18 bits per heavy atom. The molecular formula is C14H18N8. The summed E-state index contributed by atoms with van der Waals surface area (Å²) in [5.74, 6) is 1.71. The van der Waals surface area contributed by atoms with E-state index in [9.17, 15) is 0 Å². The molecule has 0 aliphatic carbocycles. The summed E-state index contributed by atoms with van der Waals surface area (Å²) in [4.78, 5) is 15.1.